The molecule has 0 aromatic rings. The summed E-state index contributed by atoms with van der Waals surface area (Å²) in [6, 6.07) is 0. The highest BCUT2D eigenvalue weighted by molar-refractivity contribution is 7.70. The molecule has 0 saturated heterocycles. The maximum atomic E-state index is 10.7. The molecule has 0 aliphatic carbocycles. The van der Waals surface area contributed by atoms with E-state index in [-0.39, 0.29) is 0 Å². The van der Waals surface area contributed by atoms with Crippen LogP contribution in [0.25, 0.3) is 0 Å². The lowest BCUT2D eigenvalue weighted by Gasteiger charge is -2.16. The Kier molecular flexibility index (Phi) is 3.65. The van der Waals surface area contributed by atoms with E-state index in [4.69, 9.17) is 19.8 Å². The van der Waals surface area contributed by atoms with Crippen molar-refractivity contribution in [3.8, 4) is 0 Å². The van der Waals surface area contributed by atoms with Gasteiger partial charge in [-0.05, 0) is 0 Å². The Labute approximate surface area is 68.0 Å². The highest BCUT2D eigenvalue weighted by Gasteiger charge is 2.44. The van der Waals surface area contributed by atoms with Crippen molar-refractivity contribution in [1.29, 1.82) is 0 Å². The average Bonchev–Trinajstić information content (AvgIpc) is 1.84. The molecule has 72 valence electrons. The van der Waals surface area contributed by atoms with Crippen LogP contribution in [0.15, 0.2) is 12.8 Å². The summed E-state index contributed by atoms with van der Waals surface area (Å²) in [6.07, 6.45) is 0.514. The minimum atomic E-state index is -5.04. The van der Waals surface area contributed by atoms with E-state index >= 15 is 0 Å². The van der Waals surface area contributed by atoms with E-state index in [9.17, 15) is 9.13 Å². The standard InChI is InChI=1S/C3H8O7P2/c1-2-10-12(8,9)3(4)11(5,6)7/h2-4H,1H2,(H,8,9)(H2,5,6,7). The van der Waals surface area contributed by atoms with Crippen LogP contribution in [0.5, 0.6) is 0 Å². The van der Waals surface area contributed by atoms with Crippen molar-refractivity contribution in [2.75, 3.05) is 0 Å². The summed E-state index contributed by atoms with van der Waals surface area (Å²) in [5.41, 5.74) is -2.73. The molecule has 9 heteroatoms. The quantitative estimate of drug-likeness (QED) is 0.380. The van der Waals surface area contributed by atoms with E-state index in [0.29, 0.717) is 6.26 Å². The lowest BCUT2D eigenvalue weighted by molar-refractivity contribution is 0.215. The van der Waals surface area contributed by atoms with Crippen LogP contribution >= 0.6 is 15.2 Å². The molecule has 0 fully saturated rings. The second-order valence-electron chi connectivity index (χ2n) is 1.77. The number of aliphatic hydroxyl groups excluding tert-OH is 1. The smallest absolute Gasteiger partial charge is 0.416 e. The molecule has 7 nitrogen and oxygen atoms in total. The molecular formula is C3H8O7P2. The SMILES string of the molecule is C=COP(=O)(O)C(O)P(=O)(O)O. The first kappa shape index (κ1) is 11.8. The second-order valence-corrected chi connectivity index (χ2v) is 5.67. The highest BCUT2D eigenvalue weighted by atomic mass is 31.2. The van der Waals surface area contributed by atoms with Gasteiger partial charge in [0.1, 0.15) is 0 Å². The van der Waals surface area contributed by atoms with Crippen molar-refractivity contribution in [3.63, 3.8) is 0 Å². The predicted molar refractivity (Wildman–Crippen MR) is 39.2 cm³/mol. The first-order valence-electron chi connectivity index (χ1n) is 2.57. The zero-order chi connectivity index (χ0) is 9.99. The van der Waals surface area contributed by atoms with Crippen LogP contribution in [-0.4, -0.2) is 25.4 Å². The van der Waals surface area contributed by atoms with Crippen LogP contribution in [0.4, 0.5) is 0 Å². The highest BCUT2D eigenvalue weighted by Crippen LogP contribution is 2.61. The fourth-order valence-corrected chi connectivity index (χ4v) is 2.36. The molecule has 12 heavy (non-hydrogen) atoms. The van der Waals surface area contributed by atoms with Crippen LogP contribution < -0.4 is 0 Å². The van der Waals surface area contributed by atoms with Crippen LogP contribution in [0.3, 0.4) is 0 Å². The van der Waals surface area contributed by atoms with Gasteiger partial charge in [0.25, 0.3) is 5.59 Å². The summed E-state index contributed by atoms with van der Waals surface area (Å²) in [7, 11) is -9.77. The van der Waals surface area contributed by atoms with Gasteiger partial charge < -0.3 is 24.3 Å². The van der Waals surface area contributed by atoms with Crippen LogP contribution in [0, 0.1) is 0 Å². The molecule has 0 aliphatic heterocycles. The molecule has 2 atom stereocenters. The Hall–Kier alpha value is -0.160. The summed E-state index contributed by atoms with van der Waals surface area (Å²) in [5.74, 6) is 0. The molecular weight excluding hydrogens is 210 g/mol. The summed E-state index contributed by atoms with van der Waals surface area (Å²) >= 11 is 0. The summed E-state index contributed by atoms with van der Waals surface area (Å²) in [4.78, 5) is 25.2. The first-order valence-corrected chi connectivity index (χ1v) is 5.89. The zero-order valence-electron chi connectivity index (χ0n) is 5.77. The third kappa shape index (κ3) is 3.06. The topological polar surface area (TPSA) is 124 Å². The van der Waals surface area contributed by atoms with E-state index in [1.54, 1.807) is 0 Å². The van der Waals surface area contributed by atoms with Gasteiger partial charge in [0.15, 0.2) is 0 Å². The number of aliphatic hydroxyl groups is 1. The summed E-state index contributed by atoms with van der Waals surface area (Å²) < 4.78 is 24.8. The Morgan fingerprint density at radius 1 is 1.33 bits per heavy atom. The molecule has 0 rings (SSSR count). The van der Waals surface area contributed by atoms with E-state index in [0.717, 1.165) is 0 Å². The number of hydrogen-bond acceptors (Lipinski definition) is 4. The van der Waals surface area contributed by atoms with Crippen LogP contribution in [0.2, 0.25) is 0 Å². The fraction of sp³-hybridized carbons (Fsp3) is 0.333. The summed E-state index contributed by atoms with van der Waals surface area (Å²) in [6.45, 7) is 2.89. The van der Waals surface area contributed by atoms with Crippen molar-refractivity contribution < 1.29 is 33.4 Å². The molecule has 0 amide bonds. The van der Waals surface area contributed by atoms with E-state index in [2.05, 4.69) is 11.1 Å². The van der Waals surface area contributed by atoms with Gasteiger partial charge in [0.05, 0.1) is 6.26 Å². The Balaban J connectivity index is 4.69. The molecule has 0 spiro atoms. The molecule has 0 aromatic carbocycles. The maximum absolute atomic E-state index is 10.7. The van der Waals surface area contributed by atoms with E-state index in [1.165, 1.54) is 0 Å². The molecule has 0 saturated carbocycles. The molecule has 0 radical (unpaired) electrons. The Bertz CT molecular complexity index is 253. The molecule has 2 unspecified atom stereocenters. The fourth-order valence-electron chi connectivity index (χ4n) is 0.351. The van der Waals surface area contributed by atoms with Crippen LogP contribution in [0.1, 0.15) is 0 Å². The van der Waals surface area contributed by atoms with Gasteiger partial charge in [-0.25, -0.2) is 4.57 Å². The van der Waals surface area contributed by atoms with Crippen molar-refractivity contribution in [2.45, 2.75) is 5.59 Å². The Morgan fingerprint density at radius 3 is 2.00 bits per heavy atom. The van der Waals surface area contributed by atoms with Crippen molar-refractivity contribution in [2.24, 2.45) is 0 Å². The second kappa shape index (κ2) is 3.70. The number of rotatable bonds is 4. The third-order valence-corrected chi connectivity index (χ3v) is 4.23. The molecule has 0 bridgehead atoms. The van der Waals surface area contributed by atoms with Crippen molar-refractivity contribution in [3.05, 3.63) is 12.8 Å². The lowest BCUT2D eigenvalue weighted by atomic mass is 11.2. The Morgan fingerprint density at radius 2 is 1.75 bits per heavy atom. The largest absolute Gasteiger partial charge is 0.431 e. The van der Waals surface area contributed by atoms with E-state index in [1.807, 2.05) is 0 Å². The van der Waals surface area contributed by atoms with Crippen molar-refractivity contribution in [1.82, 2.24) is 0 Å². The van der Waals surface area contributed by atoms with Gasteiger partial charge in [0, 0.05) is 0 Å². The molecule has 0 aliphatic rings. The lowest BCUT2D eigenvalue weighted by Crippen LogP contribution is -2.08. The molecule has 0 heterocycles. The zero-order valence-corrected chi connectivity index (χ0v) is 7.56. The minimum Gasteiger partial charge on any atom is -0.431 e. The van der Waals surface area contributed by atoms with Gasteiger partial charge in [0.2, 0.25) is 0 Å². The van der Waals surface area contributed by atoms with Crippen molar-refractivity contribution >= 4 is 15.2 Å². The number of hydrogen-bond donors (Lipinski definition) is 4. The summed E-state index contributed by atoms with van der Waals surface area (Å²) in [5, 5.41) is 8.60. The minimum absolute atomic E-state index is 0.514. The van der Waals surface area contributed by atoms with E-state index < -0.39 is 20.8 Å². The first-order chi connectivity index (χ1) is 5.22. The van der Waals surface area contributed by atoms with Gasteiger partial charge >= 0.3 is 15.2 Å². The van der Waals surface area contributed by atoms with Gasteiger partial charge in [-0.3, -0.25) is 4.57 Å². The molecule has 4 N–H and O–H groups in total. The van der Waals surface area contributed by atoms with Crippen LogP contribution in [-0.2, 0) is 13.7 Å². The van der Waals surface area contributed by atoms with Gasteiger partial charge in [-0.2, -0.15) is 0 Å². The average molecular weight is 218 g/mol. The predicted octanol–water partition coefficient (Wildman–Crippen LogP) is -0.215. The van der Waals surface area contributed by atoms with Gasteiger partial charge in [-0.15, -0.1) is 0 Å². The van der Waals surface area contributed by atoms with Gasteiger partial charge in [-0.1, -0.05) is 6.58 Å². The monoisotopic (exact) mass is 218 g/mol. The maximum Gasteiger partial charge on any atom is 0.416 e. The molecule has 0 aromatic heterocycles. The normalized spacial score (nSPS) is 19.3. The third-order valence-electron chi connectivity index (χ3n) is 0.818.